The molecule has 0 amide bonds. The van der Waals surface area contributed by atoms with Crippen molar-refractivity contribution in [1.29, 1.82) is 0 Å². The van der Waals surface area contributed by atoms with Crippen LogP contribution >= 0.6 is 0 Å². The first-order chi connectivity index (χ1) is 9.52. The van der Waals surface area contributed by atoms with Gasteiger partial charge in [-0.15, -0.1) is 0 Å². The molecule has 1 aliphatic carbocycles. The molecular weight excluding hydrogens is 267 g/mol. The molecular formula is C15H26F3NO. The molecule has 3 atom stereocenters. The Hall–Kier alpha value is -0.290. The maximum absolute atomic E-state index is 13.2. The lowest BCUT2D eigenvalue weighted by molar-refractivity contribution is -0.199. The van der Waals surface area contributed by atoms with E-state index in [9.17, 15) is 13.2 Å². The Morgan fingerprint density at radius 2 is 1.75 bits per heavy atom. The van der Waals surface area contributed by atoms with Gasteiger partial charge in [-0.25, -0.2) is 0 Å². The van der Waals surface area contributed by atoms with E-state index in [1.165, 1.54) is 0 Å². The maximum atomic E-state index is 13.2. The van der Waals surface area contributed by atoms with Gasteiger partial charge in [0.15, 0.2) is 0 Å². The topological polar surface area (TPSA) is 21.3 Å². The molecule has 0 spiro atoms. The van der Waals surface area contributed by atoms with Crippen LogP contribution in [0.25, 0.3) is 0 Å². The van der Waals surface area contributed by atoms with Crippen molar-refractivity contribution in [1.82, 2.24) is 5.32 Å². The molecule has 1 saturated carbocycles. The first-order valence-electron chi connectivity index (χ1n) is 7.84. The summed E-state index contributed by atoms with van der Waals surface area (Å²) in [7, 11) is 1.81. The number of hydrogen-bond acceptors (Lipinski definition) is 2. The van der Waals surface area contributed by atoms with E-state index in [4.69, 9.17) is 4.74 Å². The van der Waals surface area contributed by atoms with Gasteiger partial charge in [0.1, 0.15) is 0 Å². The van der Waals surface area contributed by atoms with Crippen LogP contribution in [0.15, 0.2) is 0 Å². The Balaban J connectivity index is 1.99. The third kappa shape index (κ3) is 4.10. The molecule has 0 aromatic rings. The normalized spacial score (nSPS) is 31.2. The van der Waals surface area contributed by atoms with Gasteiger partial charge in [0.05, 0.1) is 5.92 Å². The molecule has 20 heavy (non-hydrogen) atoms. The van der Waals surface area contributed by atoms with E-state index < -0.39 is 12.1 Å². The van der Waals surface area contributed by atoms with Gasteiger partial charge in [0.25, 0.3) is 0 Å². The highest BCUT2D eigenvalue weighted by Crippen LogP contribution is 2.44. The molecule has 1 aliphatic heterocycles. The molecule has 0 aromatic heterocycles. The van der Waals surface area contributed by atoms with Crippen LogP contribution < -0.4 is 5.32 Å². The zero-order valence-corrected chi connectivity index (χ0v) is 12.2. The number of halogens is 3. The van der Waals surface area contributed by atoms with Crippen LogP contribution in [0.3, 0.4) is 0 Å². The molecule has 2 rings (SSSR count). The van der Waals surface area contributed by atoms with Crippen LogP contribution in [0, 0.1) is 17.8 Å². The minimum Gasteiger partial charge on any atom is -0.381 e. The molecule has 1 N–H and O–H groups in total. The molecule has 2 fully saturated rings. The third-order valence-corrected chi connectivity index (χ3v) is 5.06. The van der Waals surface area contributed by atoms with E-state index in [0.29, 0.717) is 25.2 Å². The number of ether oxygens (including phenoxy) is 1. The minimum absolute atomic E-state index is 0.00924. The van der Waals surface area contributed by atoms with E-state index in [0.717, 1.165) is 38.9 Å². The van der Waals surface area contributed by atoms with Gasteiger partial charge in [0, 0.05) is 19.3 Å². The predicted molar refractivity (Wildman–Crippen MR) is 72.5 cm³/mol. The molecule has 0 radical (unpaired) electrons. The maximum Gasteiger partial charge on any atom is 0.392 e. The number of rotatable bonds is 4. The average Bonchev–Trinajstić information content (AvgIpc) is 2.45. The van der Waals surface area contributed by atoms with Crippen molar-refractivity contribution in [3.63, 3.8) is 0 Å². The predicted octanol–water partition coefficient (Wildman–Crippen LogP) is 3.76. The number of alkyl halides is 3. The van der Waals surface area contributed by atoms with Crippen molar-refractivity contribution in [2.24, 2.45) is 17.8 Å². The van der Waals surface area contributed by atoms with Crippen molar-refractivity contribution >= 4 is 0 Å². The van der Waals surface area contributed by atoms with Gasteiger partial charge >= 0.3 is 6.18 Å². The third-order valence-electron chi connectivity index (χ3n) is 5.06. The van der Waals surface area contributed by atoms with Crippen molar-refractivity contribution in [3.05, 3.63) is 0 Å². The van der Waals surface area contributed by atoms with Crippen molar-refractivity contribution < 1.29 is 17.9 Å². The average molecular weight is 293 g/mol. The van der Waals surface area contributed by atoms with E-state index in [1.54, 1.807) is 0 Å². The fourth-order valence-electron chi connectivity index (χ4n) is 3.90. The lowest BCUT2D eigenvalue weighted by atomic mass is 9.72. The quantitative estimate of drug-likeness (QED) is 0.852. The van der Waals surface area contributed by atoms with E-state index in [2.05, 4.69) is 5.32 Å². The summed E-state index contributed by atoms with van der Waals surface area (Å²) < 4.78 is 45.0. The van der Waals surface area contributed by atoms with Crippen LogP contribution in [-0.2, 0) is 4.74 Å². The van der Waals surface area contributed by atoms with Crippen LogP contribution in [0.2, 0.25) is 0 Å². The Bertz CT molecular complexity index is 289. The zero-order chi connectivity index (χ0) is 14.6. The van der Waals surface area contributed by atoms with Crippen LogP contribution in [-0.4, -0.2) is 32.5 Å². The highest BCUT2D eigenvalue weighted by molar-refractivity contribution is 4.89. The summed E-state index contributed by atoms with van der Waals surface area (Å²) in [4.78, 5) is 0. The highest BCUT2D eigenvalue weighted by Gasteiger charge is 2.47. The van der Waals surface area contributed by atoms with E-state index in [-0.39, 0.29) is 12.0 Å². The molecule has 1 heterocycles. The van der Waals surface area contributed by atoms with Crippen molar-refractivity contribution in [3.8, 4) is 0 Å². The second kappa shape index (κ2) is 7.12. The van der Waals surface area contributed by atoms with Gasteiger partial charge in [-0.3, -0.25) is 0 Å². The van der Waals surface area contributed by atoms with Gasteiger partial charge in [0.2, 0.25) is 0 Å². The van der Waals surface area contributed by atoms with Crippen LogP contribution in [0.5, 0.6) is 0 Å². The summed E-state index contributed by atoms with van der Waals surface area (Å²) in [5.41, 5.74) is 0. The molecule has 1 saturated heterocycles. The van der Waals surface area contributed by atoms with Crippen molar-refractivity contribution in [2.45, 2.75) is 57.2 Å². The number of nitrogens with one attached hydrogen (secondary N) is 1. The van der Waals surface area contributed by atoms with Crippen LogP contribution in [0.4, 0.5) is 13.2 Å². The number of hydrogen-bond donors (Lipinski definition) is 1. The summed E-state index contributed by atoms with van der Waals surface area (Å²) in [6.45, 7) is 1.52. The summed E-state index contributed by atoms with van der Waals surface area (Å²) >= 11 is 0. The van der Waals surface area contributed by atoms with E-state index >= 15 is 0 Å². The first kappa shape index (κ1) is 16.1. The zero-order valence-electron chi connectivity index (χ0n) is 12.2. The SMILES string of the molecule is CNC(CC1CCOCC1)C1CCCCC1C(F)(F)F. The highest BCUT2D eigenvalue weighted by atomic mass is 19.4. The lowest BCUT2D eigenvalue weighted by Crippen LogP contribution is -2.45. The molecule has 2 aliphatic rings. The minimum atomic E-state index is -4.05. The van der Waals surface area contributed by atoms with Gasteiger partial charge in [-0.2, -0.15) is 13.2 Å². The van der Waals surface area contributed by atoms with Crippen LogP contribution in [0.1, 0.15) is 44.9 Å². The van der Waals surface area contributed by atoms with Gasteiger partial charge < -0.3 is 10.1 Å². The fourth-order valence-corrected chi connectivity index (χ4v) is 3.90. The van der Waals surface area contributed by atoms with Gasteiger partial charge in [-0.05, 0) is 51.0 Å². The monoisotopic (exact) mass is 293 g/mol. The first-order valence-corrected chi connectivity index (χ1v) is 7.84. The standard InChI is InChI=1S/C15H26F3NO/c1-19-14(10-11-6-8-20-9-7-11)12-4-2-3-5-13(12)15(16,17)18/h11-14,19H,2-10H2,1H3. The summed E-state index contributed by atoms with van der Waals surface area (Å²) in [5.74, 6) is -0.859. The smallest absolute Gasteiger partial charge is 0.381 e. The Morgan fingerprint density at radius 3 is 2.35 bits per heavy atom. The largest absolute Gasteiger partial charge is 0.392 e. The molecule has 2 nitrogen and oxygen atoms in total. The molecule has 3 unspecified atom stereocenters. The van der Waals surface area contributed by atoms with Gasteiger partial charge in [-0.1, -0.05) is 12.8 Å². The van der Waals surface area contributed by atoms with Crippen molar-refractivity contribution in [2.75, 3.05) is 20.3 Å². The lowest BCUT2D eigenvalue weighted by Gasteiger charge is -2.39. The fraction of sp³-hybridized carbons (Fsp3) is 1.00. The molecule has 0 bridgehead atoms. The Morgan fingerprint density at radius 1 is 1.10 bits per heavy atom. The Kier molecular flexibility index (Phi) is 5.73. The summed E-state index contributed by atoms with van der Waals surface area (Å²) in [6.07, 6.45) is 1.45. The molecule has 118 valence electrons. The molecule has 5 heteroatoms. The Labute approximate surface area is 119 Å². The second-order valence-corrected chi connectivity index (χ2v) is 6.28. The molecule has 0 aromatic carbocycles. The second-order valence-electron chi connectivity index (χ2n) is 6.28. The summed E-state index contributed by atoms with van der Waals surface area (Å²) in [6, 6.07) is -0.00924. The van der Waals surface area contributed by atoms with E-state index in [1.807, 2.05) is 7.05 Å². The summed E-state index contributed by atoms with van der Waals surface area (Å²) in [5, 5.41) is 3.18.